The van der Waals surface area contributed by atoms with E-state index in [4.69, 9.17) is 5.73 Å². The number of carbonyl (C=O) groups excluding carboxylic acids is 1. The Labute approximate surface area is 172 Å². The fraction of sp³-hybridized carbons (Fsp3) is 0.333. The summed E-state index contributed by atoms with van der Waals surface area (Å²) in [6.07, 6.45) is -0.297. The van der Waals surface area contributed by atoms with E-state index >= 15 is 0 Å². The van der Waals surface area contributed by atoms with Gasteiger partial charge in [-0.15, -0.1) is 0 Å². The first-order valence-electron chi connectivity index (χ1n) is 9.63. The molecule has 1 aromatic carbocycles. The molecule has 0 radical (unpaired) electrons. The van der Waals surface area contributed by atoms with Crippen molar-refractivity contribution in [3.05, 3.63) is 48.0 Å². The molecular weight excluding hydrogens is 384 g/mol. The average Bonchev–Trinajstić information content (AvgIpc) is 3.29. The molecule has 2 heterocycles. The predicted molar refractivity (Wildman–Crippen MR) is 108 cm³/mol. The van der Waals surface area contributed by atoms with E-state index in [1.165, 1.54) is 13.4 Å². The van der Waals surface area contributed by atoms with Gasteiger partial charge in [0.1, 0.15) is 11.6 Å². The Morgan fingerprint density at radius 3 is 2.77 bits per heavy atom. The van der Waals surface area contributed by atoms with Gasteiger partial charge in [0.2, 0.25) is 11.7 Å². The Hall–Kier alpha value is -3.48. The lowest BCUT2D eigenvalue weighted by Crippen LogP contribution is -2.41. The number of benzene rings is 1. The van der Waals surface area contributed by atoms with E-state index in [9.17, 15) is 15.0 Å². The summed E-state index contributed by atoms with van der Waals surface area (Å²) >= 11 is 0. The van der Waals surface area contributed by atoms with E-state index in [1.54, 1.807) is 4.57 Å². The highest BCUT2D eigenvalue weighted by Crippen LogP contribution is 2.67. The molecule has 2 aliphatic carbocycles. The number of nitrogen functional groups attached to an aromatic ring is 1. The zero-order valence-corrected chi connectivity index (χ0v) is 16.1. The number of amides is 1. The van der Waals surface area contributed by atoms with Crippen LogP contribution >= 0.6 is 0 Å². The number of hydrogen-bond donors (Lipinski definition) is 4. The van der Waals surface area contributed by atoms with E-state index in [2.05, 4.69) is 32.1 Å². The molecule has 9 nitrogen and oxygen atoms in total. The van der Waals surface area contributed by atoms with Gasteiger partial charge in [0, 0.05) is 18.5 Å². The van der Waals surface area contributed by atoms with Crippen LogP contribution in [0.3, 0.4) is 0 Å². The molecule has 0 aliphatic heterocycles. The number of rotatable bonds is 2. The van der Waals surface area contributed by atoms with E-state index in [0.29, 0.717) is 17.6 Å². The fourth-order valence-electron chi connectivity index (χ4n) is 4.65. The van der Waals surface area contributed by atoms with Crippen LogP contribution in [0.4, 0.5) is 5.82 Å². The van der Waals surface area contributed by atoms with Crippen LogP contribution in [0.1, 0.15) is 23.9 Å². The lowest BCUT2D eigenvalue weighted by Gasteiger charge is -2.23. The van der Waals surface area contributed by atoms with Crippen molar-refractivity contribution in [2.75, 3.05) is 12.8 Å². The van der Waals surface area contributed by atoms with E-state index < -0.39 is 23.7 Å². The quantitative estimate of drug-likeness (QED) is 0.435. The topological polar surface area (TPSA) is 139 Å². The van der Waals surface area contributed by atoms with Crippen molar-refractivity contribution in [3.63, 3.8) is 0 Å². The second-order valence-electron chi connectivity index (χ2n) is 7.73. The summed E-state index contributed by atoms with van der Waals surface area (Å²) in [6.45, 7) is 0. The zero-order chi connectivity index (χ0) is 21.0. The second-order valence-corrected chi connectivity index (χ2v) is 7.73. The van der Waals surface area contributed by atoms with E-state index in [0.717, 1.165) is 5.56 Å². The van der Waals surface area contributed by atoms with Crippen molar-refractivity contribution in [2.24, 2.45) is 11.3 Å². The van der Waals surface area contributed by atoms with Gasteiger partial charge in [-0.05, 0) is 24.5 Å². The summed E-state index contributed by atoms with van der Waals surface area (Å²) in [5, 5.41) is 23.9. The molecule has 30 heavy (non-hydrogen) atoms. The van der Waals surface area contributed by atoms with E-state index in [1.807, 2.05) is 30.3 Å². The van der Waals surface area contributed by atoms with Crippen LogP contribution in [-0.4, -0.2) is 54.9 Å². The number of aromatic nitrogens is 4. The average molecular weight is 404 g/mol. The smallest absolute Gasteiger partial charge is 0.229 e. The summed E-state index contributed by atoms with van der Waals surface area (Å²) < 4.78 is 1.68. The molecule has 5 N–H and O–H groups in total. The maximum atomic E-state index is 12.4. The van der Waals surface area contributed by atoms with E-state index in [-0.39, 0.29) is 23.5 Å². The number of nitrogens with zero attached hydrogens (tertiary/aromatic N) is 4. The van der Waals surface area contributed by atoms with Crippen molar-refractivity contribution in [2.45, 2.75) is 24.7 Å². The standard InChI is InChI=1S/C21H20N6O3/c1-23-20(30)21-9-12(21)15(16(28)17(21)29)27-10-24-14-18(22)25-13(26-19(14)27)8-7-11-5-3-2-4-6-11/h2-6,10,12,15-17,28-29H,9H2,1H3,(H,23,30)(H2,22,25,26)/t12-,15-,16+,17+,21+/m1/s1. The number of carbonyl (C=O) groups is 1. The van der Waals surface area contributed by atoms with Gasteiger partial charge in [-0.3, -0.25) is 4.79 Å². The van der Waals surface area contributed by atoms with Gasteiger partial charge >= 0.3 is 0 Å². The molecular formula is C21H20N6O3. The van der Waals surface area contributed by atoms with Gasteiger partial charge in [-0.25, -0.2) is 15.0 Å². The molecule has 5 rings (SSSR count). The Bertz CT molecular complexity index is 1210. The molecule has 2 aromatic heterocycles. The molecule has 3 aromatic rings. The Kier molecular flexibility index (Phi) is 4.03. The number of aliphatic hydroxyl groups is 2. The molecule has 0 unspecified atom stereocenters. The largest absolute Gasteiger partial charge is 0.389 e. The molecule has 2 saturated carbocycles. The molecule has 1 amide bonds. The molecule has 152 valence electrons. The van der Waals surface area contributed by atoms with Crippen LogP contribution in [0.2, 0.25) is 0 Å². The predicted octanol–water partition coefficient (Wildman–Crippen LogP) is -0.163. The summed E-state index contributed by atoms with van der Waals surface area (Å²) in [5.74, 6) is 5.81. The van der Waals surface area contributed by atoms with Gasteiger partial charge in [-0.1, -0.05) is 24.1 Å². The minimum Gasteiger partial charge on any atom is -0.389 e. The van der Waals surface area contributed by atoms with Crippen molar-refractivity contribution >= 4 is 22.9 Å². The first kappa shape index (κ1) is 18.5. The second kappa shape index (κ2) is 6.52. The van der Waals surface area contributed by atoms with Crippen LogP contribution in [-0.2, 0) is 4.79 Å². The third-order valence-electron chi connectivity index (χ3n) is 6.18. The summed E-state index contributed by atoms with van der Waals surface area (Å²) in [5.41, 5.74) is 6.71. The number of nitrogens with one attached hydrogen (secondary N) is 1. The lowest BCUT2D eigenvalue weighted by atomic mass is 9.98. The minimum atomic E-state index is -1.17. The molecule has 0 bridgehead atoms. The summed E-state index contributed by atoms with van der Waals surface area (Å²) in [7, 11) is 1.52. The highest BCUT2D eigenvalue weighted by Gasteiger charge is 2.75. The third-order valence-corrected chi connectivity index (χ3v) is 6.18. The van der Waals surface area contributed by atoms with Gasteiger partial charge in [0.25, 0.3) is 0 Å². The monoisotopic (exact) mass is 404 g/mol. The van der Waals surface area contributed by atoms with Crippen LogP contribution in [0, 0.1) is 23.2 Å². The highest BCUT2D eigenvalue weighted by atomic mass is 16.3. The van der Waals surface area contributed by atoms with Crippen molar-refractivity contribution in [1.82, 2.24) is 24.8 Å². The fourth-order valence-corrected chi connectivity index (χ4v) is 4.65. The Morgan fingerprint density at radius 1 is 1.27 bits per heavy atom. The maximum absolute atomic E-state index is 12.4. The first-order valence-corrected chi connectivity index (χ1v) is 9.63. The number of hydrogen-bond acceptors (Lipinski definition) is 7. The van der Waals surface area contributed by atoms with Crippen LogP contribution < -0.4 is 11.1 Å². The summed E-state index contributed by atoms with van der Waals surface area (Å²) in [4.78, 5) is 25.4. The number of anilines is 1. The lowest BCUT2D eigenvalue weighted by molar-refractivity contribution is -0.132. The summed E-state index contributed by atoms with van der Waals surface area (Å²) in [6, 6.07) is 8.88. The number of nitrogens with two attached hydrogens (primary N) is 1. The van der Waals surface area contributed by atoms with Crippen LogP contribution in [0.15, 0.2) is 36.7 Å². The highest BCUT2D eigenvalue weighted by molar-refractivity contribution is 5.88. The van der Waals surface area contributed by atoms with Gasteiger partial charge in [0.15, 0.2) is 11.5 Å². The number of imidazole rings is 1. The molecule has 0 saturated heterocycles. The normalized spacial score (nSPS) is 29.2. The molecule has 0 spiro atoms. The number of fused-ring (bicyclic) bond motifs is 2. The van der Waals surface area contributed by atoms with Crippen LogP contribution in [0.25, 0.3) is 11.2 Å². The third kappa shape index (κ3) is 2.51. The molecule has 2 fully saturated rings. The van der Waals surface area contributed by atoms with Crippen LogP contribution in [0.5, 0.6) is 0 Å². The van der Waals surface area contributed by atoms with Crippen molar-refractivity contribution in [1.29, 1.82) is 0 Å². The minimum absolute atomic E-state index is 0.178. The number of aliphatic hydroxyl groups excluding tert-OH is 2. The Morgan fingerprint density at radius 2 is 2.03 bits per heavy atom. The SMILES string of the molecule is CNC(=O)[C@@]12C[C@@H]1[C@@H](n1cnc3c(N)nc(C#Cc4ccccc4)nc31)[C@H](O)[C@@H]2O. The maximum Gasteiger partial charge on any atom is 0.229 e. The molecule has 2 aliphatic rings. The first-order chi connectivity index (χ1) is 14.5. The van der Waals surface area contributed by atoms with Gasteiger partial charge in [0.05, 0.1) is 23.9 Å². The van der Waals surface area contributed by atoms with Gasteiger partial charge in [-0.2, -0.15) is 0 Å². The molecule has 9 heteroatoms. The van der Waals surface area contributed by atoms with Crippen molar-refractivity contribution < 1.29 is 15.0 Å². The Balaban J connectivity index is 1.56. The van der Waals surface area contributed by atoms with Crippen molar-refractivity contribution in [3.8, 4) is 11.8 Å². The zero-order valence-electron chi connectivity index (χ0n) is 16.1. The van der Waals surface area contributed by atoms with Gasteiger partial charge < -0.3 is 25.8 Å². The molecule has 5 atom stereocenters.